The topological polar surface area (TPSA) is 149 Å². The van der Waals surface area contributed by atoms with Gasteiger partial charge in [0.2, 0.25) is 11.9 Å². The lowest BCUT2D eigenvalue weighted by Crippen LogP contribution is -2.40. The number of carbonyl (C=O) groups is 1. The molecule has 0 unspecified atom stereocenters. The van der Waals surface area contributed by atoms with Crippen molar-refractivity contribution in [2.75, 3.05) is 11.9 Å². The molecule has 2 heterocycles. The van der Waals surface area contributed by atoms with Crippen LogP contribution in [-0.4, -0.2) is 37.3 Å². The highest BCUT2D eigenvalue weighted by atomic mass is 16.6. The number of nitrogens with one attached hydrogen (secondary N) is 1. The molecule has 4 N–H and O–H groups in total. The van der Waals surface area contributed by atoms with E-state index in [1.165, 1.54) is 16.8 Å². The number of aryl methyl sites for hydroxylation is 1. The number of rotatable bonds is 6. The first kappa shape index (κ1) is 17.5. The van der Waals surface area contributed by atoms with Gasteiger partial charge in [0.05, 0.1) is 11.0 Å². The maximum atomic E-state index is 12.0. The second-order valence-electron chi connectivity index (χ2n) is 5.95. The minimum atomic E-state index is -0.795. The summed E-state index contributed by atoms with van der Waals surface area (Å²) in [6, 6.07) is 5.24. The van der Waals surface area contributed by atoms with Crippen molar-refractivity contribution in [1.29, 1.82) is 0 Å². The maximum Gasteiger partial charge on any atom is 0.269 e. The first-order valence-electron chi connectivity index (χ1n) is 7.98. The average Bonchev–Trinajstić information content (AvgIpc) is 3.00. The van der Waals surface area contributed by atoms with Crippen molar-refractivity contribution in [3.63, 3.8) is 0 Å². The molecule has 1 aliphatic heterocycles. The molecule has 10 nitrogen and oxygen atoms in total. The van der Waals surface area contributed by atoms with E-state index >= 15 is 0 Å². The van der Waals surface area contributed by atoms with E-state index in [0.717, 1.165) is 0 Å². The van der Waals surface area contributed by atoms with Crippen LogP contribution in [0.15, 0.2) is 36.5 Å². The van der Waals surface area contributed by atoms with Gasteiger partial charge in [0.1, 0.15) is 5.92 Å². The molecule has 0 saturated carbocycles. The highest BCUT2D eigenvalue weighted by Gasteiger charge is 2.39. The maximum absolute atomic E-state index is 12.0. The van der Waals surface area contributed by atoms with E-state index in [2.05, 4.69) is 22.0 Å². The molecule has 0 bridgehead atoms. The molecule has 26 heavy (non-hydrogen) atoms. The highest BCUT2D eigenvalue weighted by Crippen LogP contribution is 2.37. The normalized spacial score (nSPS) is 18.9. The lowest BCUT2D eigenvalue weighted by atomic mass is 9.88. The van der Waals surface area contributed by atoms with E-state index < -0.39 is 22.8 Å². The Balaban J connectivity index is 2.06. The van der Waals surface area contributed by atoms with Gasteiger partial charge >= 0.3 is 0 Å². The number of nitrogens with zero attached hydrogens (tertiary/aromatic N) is 4. The number of benzene rings is 1. The van der Waals surface area contributed by atoms with Gasteiger partial charge in [0.15, 0.2) is 5.82 Å². The van der Waals surface area contributed by atoms with Gasteiger partial charge in [-0.25, -0.2) is 4.68 Å². The number of fused-ring (bicyclic) bond motifs is 1. The SMILES string of the molecule is C=C1Nc2nc(CCCO)nn2[C@H](c2ccc([N+](=O)[O-])cc2)[C@H]1C(N)=O. The van der Waals surface area contributed by atoms with E-state index in [1.807, 2.05) is 0 Å². The van der Waals surface area contributed by atoms with Gasteiger partial charge in [0, 0.05) is 30.9 Å². The highest BCUT2D eigenvalue weighted by molar-refractivity contribution is 5.82. The van der Waals surface area contributed by atoms with Crippen molar-refractivity contribution >= 4 is 17.5 Å². The Labute approximate surface area is 148 Å². The van der Waals surface area contributed by atoms with Crippen molar-refractivity contribution < 1.29 is 14.8 Å². The predicted octanol–water partition coefficient (Wildman–Crippen LogP) is 0.741. The number of aromatic nitrogens is 3. The van der Waals surface area contributed by atoms with Crippen molar-refractivity contribution in [1.82, 2.24) is 14.8 Å². The largest absolute Gasteiger partial charge is 0.396 e. The molecule has 2 atom stereocenters. The minimum Gasteiger partial charge on any atom is -0.396 e. The number of nitro benzene ring substituents is 1. The van der Waals surface area contributed by atoms with Crippen LogP contribution < -0.4 is 11.1 Å². The zero-order valence-corrected chi connectivity index (χ0v) is 13.8. The van der Waals surface area contributed by atoms with Crippen molar-refractivity contribution in [2.24, 2.45) is 11.7 Å². The Kier molecular flexibility index (Phi) is 4.67. The van der Waals surface area contributed by atoms with Crippen LogP contribution in [0.4, 0.5) is 11.6 Å². The number of aliphatic hydroxyl groups excluding tert-OH is 1. The predicted molar refractivity (Wildman–Crippen MR) is 92.1 cm³/mol. The number of aliphatic hydroxyl groups is 1. The number of carbonyl (C=O) groups excluding carboxylic acids is 1. The summed E-state index contributed by atoms with van der Waals surface area (Å²) in [6.07, 6.45) is 0.977. The first-order valence-corrected chi connectivity index (χ1v) is 7.98. The molecule has 1 aliphatic rings. The Morgan fingerprint density at radius 1 is 1.42 bits per heavy atom. The lowest BCUT2D eigenvalue weighted by Gasteiger charge is -2.32. The summed E-state index contributed by atoms with van der Waals surface area (Å²) in [6.45, 7) is 3.88. The monoisotopic (exact) mass is 358 g/mol. The third-order valence-corrected chi connectivity index (χ3v) is 4.21. The lowest BCUT2D eigenvalue weighted by molar-refractivity contribution is -0.384. The number of hydrogen-bond donors (Lipinski definition) is 3. The van der Waals surface area contributed by atoms with E-state index in [9.17, 15) is 14.9 Å². The molecule has 136 valence electrons. The molecule has 1 aromatic heterocycles. The summed E-state index contributed by atoms with van der Waals surface area (Å²) in [4.78, 5) is 26.8. The zero-order chi connectivity index (χ0) is 18.8. The molecular weight excluding hydrogens is 340 g/mol. The third-order valence-electron chi connectivity index (χ3n) is 4.21. The Morgan fingerprint density at radius 3 is 2.69 bits per heavy atom. The molecule has 0 radical (unpaired) electrons. The van der Waals surface area contributed by atoms with Gasteiger partial charge in [-0.15, -0.1) is 0 Å². The quantitative estimate of drug-likeness (QED) is 0.509. The van der Waals surface area contributed by atoms with Crippen molar-refractivity contribution in [3.05, 3.63) is 58.0 Å². The van der Waals surface area contributed by atoms with Gasteiger partial charge in [-0.05, 0) is 12.0 Å². The Hall–Kier alpha value is -3.27. The number of nitrogens with two attached hydrogens (primary N) is 1. The summed E-state index contributed by atoms with van der Waals surface area (Å²) in [7, 11) is 0. The first-order chi connectivity index (χ1) is 12.4. The van der Waals surface area contributed by atoms with Crippen LogP contribution in [0.3, 0.4) is 0 Å². The van der Waals surface area contributed by atoms with Crippen LogP contribution in [0, 0.1) is 16.0 Å². The number of primary amides is 1. The average molecular weight is 358 g/mol. The molecule has 0 saturated heterocycles. The van der Waals surface area contributed by atoms with Crippen molar-refractivity contribution in [3.8, 4) is 0 Å². The number of nitro groups is 1. The van der Waals surface area contributed by atoms with Gasteiger partial charge in [-0.3, -0.25) is 14.9 Å². The molecular formula is C16H18N6O4. The standard InChI is InChI=1S/C16H18N6O4/c1-9-13(15(17)24)14(10-4-6-11(7-5-10)22(25)26)21-16(18-9)19-12(20-21)3-2-8-23/h4-7,13-14,23H,1-3,8H2,(H2,17,24)(H,18,19,20)/t13-,14+/m0/s1. The van der Waals surface area contributed by atoms with Crippen LogP contribution in [0.25, 0.3) is 0 Å². The smallest absolute Gasteiger partial charge is 0.269 e. The number of anilines is 1. The fourth-order valence-corrected chi connectivity index (χ4v) is 3.00. The second-order valence-corrected chi connectivity index (χ2v) is 5.95. The number of hydrogen-bond acceptors (Lipinski definition) is 7. The molecule has 0 spiro atoms. The molecule has 1 amide bonds. The second kappa shape index (κ2) is 6.92. The molecule has 2 aromatic rings. The molecule has 10 heteroatoms. The van der Waals surface area contributed by atoms with E-state index in [-0.39, 0.29) is 12.3 Å². The Morgan fingerprint density at radius 2 is 2.12 bits per heavy atom. The number of amides is 1. The summed E-state index contributed by atoms with van der Waals surface area (Å²) in [5.41, 5.74) is 6.52. The van der Waals surface area contributed by atoms with Crippen LogP contribution in [0.2, 0.25) is 0 Å². The zero-order valence-electron chi connectivity index (χ0n) is 13.8. The third kappa shape index (κ3) is 3.14. The van der Waals surface area contributed by atoms with E-state index in [0.29, 0.717) is 35.9 Å². The van der Waals surface area contributed by atoms with E-state index in [4.69, 9.17) is 10.8 Å². The van der Waals surface area contributed by atoms with Crippen LogP contribution >= 0.6 is 0 Å². The van der Waals surface area contributed by atoms with Gasteiger partial charge in [0.25, 0.3) is 5.69 Å². The van der Waals surface area contributed by atoms with Gasteiger partial charge in [-0.1, -0.05) is 18.7 Å². The molecule has 0 aliphatic carbocycles. The van der Waals surface area contributed by atoms with E-state index in [1.54, 1.807) is 12.1 Å². The van der Waals surface area contributed by atoms with Crippen LogP contribution in [-0.2, 0) is 11.2 Å². The van der Waals surface area contributed by atoms with Crippen LogP contribution in [0.5, 0.6) is 0 Å². The van der Waals surface area contributed by atoms with Crippen molar-refractivity contribution in [2.45, 2.75) is 18.9 Å². The number of non-ortho nitro benzene ring substituents is 1. The fraction of sp³-hybridized carbons (Fsp3) is 0.312. The van der Waals surface area contributed by atoms with Gasteiger partial charge in [-0.2, -0.15) is 10.1 Å². The van der Waals surface area contributed by atoms with Gasteiger partial charge < -0.3 is 16.2 Å². The minimum absolute atomic E-state index is 0.0136. The summed E-state index contributed by atoms with van der Waals surface area (Å²) >= 11 is 0. The fourth-order valence-electron chi connectivity index (χ4n) is 3.00. The Bertz CT molecular complexity index is 860. The molecule has 3 rings (SSSR count). The summed E-state index contributed by atoms with van der Waals surface area (Å²) in [5, 5.41) is 27.2. The summed E-state index contributed by atoms with van der Waals surface area (Å²) in [5.74, 6) is -0.476. The molecule has 0 fully saturated rings. The summed E-state index contributed by atoms with van der Waals surface area (Å²) < 4.78 is 1.54. The molecule has 1 aromatic carbocycles. The van der Waals surface area contributed by atoms with Crippen LogP contribution in [0.1, 0.15) is 23.9 Å².